The van der Waals surface area contributed by atoms with E-state index in [0.717, 1.165) is 25.0 Å². The number of hydrogen-bond acceptors (Lipinski definition) is 3. The molecule has 1 atom stereocenters. The summed E-state index contributed by atoms with van der Waals surface area (Å²) in [5.74, 6) is 6.54. The van der Waals surface area contributed by atoms with Crippen LogP contribution in [0.4, 0.5) is 0 Å². The van der Waals surface area contributed by atoms with Gasteiger partial charge in [0.05, 0.1) is 6.61 Å². The van der Waals surface area contributed by atoms with E-state index >= 15 is 0 Å². The van der Waals surface area contributed by atoms with Crippen LogP contribution in [0.3, 0.4) is 0 Å². The number of benzene rings is 1. The highest BCUT2D eigenvalue weighted by molar-refractivity contribution is 5.27. The van der Waals surface area contributed by atoms with E-state index in [1.165, 1.54) is 5.56 Å². The monoisotopic (exact) mass is 264 g/mol. The van der Waals surface area contributed by atoms with Gasteiger partial charge >= 0.3 is 0 Å². The third-order valence-electron chi connectivity index (χ3n) is 3.20. The molecule has 0 aliphatic heterocycles. The summed E-state index contributed by atoms with van der Waals surface area (Å²) >= 11 is 0. The molecule has 0 radical (unpaired) electrons. The smallest absolute Gasteiger partial charge is 0.119 e. The molecule has 108 valence electrons. The molecule has 3 nitrogen and oxygen atoms in total. The molecule has 0 spiro atoms. The first kappa shape index (κ1) is 16.0. The SMILES string of the molecule is Cc1cccc(OCCC(CCC(C)(C)C)NN)c1. The molecule has 1 aromatic carbocycles. The minimum absolute atomic E-state index is 0.323. The van der Waals surface area contributed by atoms with Crippen LogP contribution in [0.5, 0.6) is 5.75 Å². The van der Waals surface area contributed by atoms with Crippen molar-refractivity contribution < 1.29 is 4.74 Å². The Bertz CT molecular complexity index is 371. The molecule has 0 amide bonds. The fraction of sp³-hybridized carbons (Fsp3) is 0.625. The summed E-state index contributed by atoms with van der Waals surface area (Å²) in [6.45, 7) is 9.53. The van der Waals surface area contributed by atoms with Crippen LogP contribution in [0.15, 0.2) is 24.3 Å². The van der Waals surface area contributed by atoms with Crippen molar-refractivity contribution in [2.75, 3.05) is 6.61 Å². The van der Waals surface area contributed by atoms with E-state index < -0.39 is 0 Å². The second-order valence-corrected chi connectivity index (χ2v) is 6.42. The van der Waals surface area contributed by atoms with Crippen LogP contribution < -0.4 is 16.0 Å². The van der Waals surface area contributed by atoms with E-state index in [4.69, 9.17) is 10.6 Å². The molecule has 0 aromatic heterocycles. The summed E-state index contributed by atoms with van der Waals surface area (Å²) in [6, 6.07) is 8.46. The van der Waals surface area contributed by atoms with E-state index in [1.807, 2.05) is 12.1 Å². The number of rotatable bonds is 7. The molecule has 19 heavy (non-hydrogen) atoms. The zero-order chi connectivity index (χ0) is 14.3. The molecule has 0 fully saturated rings. The fourth-order valence-corrected chi connectivity index (χ4v) is 1.94. The quantitative estimate of drug-likeness (QED) is 0.586. The molecule has 0 saturated heterocycles. The molecular formula is C16H28N2O. The Labute approximate surface area is 117 Å². The van der Waals surface area contributed by atoms with E-state index in [9.17, 15) is 0 Å². The van der Waals surface area contributed by atoms with Crippen molar-refractivity contribution in [1.82, 2.24) is 5.43 Å². The topological polar surface area (TPSA) is 47.3 Å². The average Bonchev–Trinajstić information content (AvgIpc) is 2.32. The largest absolute Gasteiger partial charge is 0.494 e. The zero-order valence-corrected chi connectivity index (χ0v) is 12.7. The number of ether oxygens (including phenoxy) is 1. The molecule has 3 N–H and O–H groups in total. The molecule has 0 aliphatic carbocycles. The summed E-state index contributed by atoms with van der Waals surface area (Å²) in [6.07, 6.45) is 3.17. The third-order valence-corrected chi connectivity index (χ3v) is 3.20. The van der Waals surface area contributed by atoms with Gasteiger partial charge in [0.1, 0.15) is 5.75 Å². The lowest BCUT2D eigenvalue weighted by Gasteiger charge is -2.22. The number of hydrazine groups is 1. The molecule has 0 heterocycles. The van der Waals surface area contributed by atoms with Crippen molar-refractivity contribution in [3.8, 4) is 5.75 Å². The van der Waals surface area contributed by atoms with E-state index in [-0.39, 0.29) is 0 Å². The Morgan fingerprint density at radius 3 is 2.58 bits per heavy atom. The van der Waals surface area contributed by atoms with Gasteiger partial charge in [-0.1, -0.05) is 32.9 Å². The predicted octanol–water partition coefficient (Wildman–Crippen LogP) is 3.42. The van der Waals surface area contributed by atoms with Crippen LogP contribution in [-0.2, 0) is 0 Å². The van der Waals surface area contributed by atoms with Gasteiger partial charge < -0.3 is 4.74 Å². The van der Waals surface area contributed by atoms with Crippen molar-refractivity contribution >= 4 is 0 Å². The maximum atomic E-state index is 5.76. The van der Waals surface area contributed by atoms with Crippen LogP contribution >= 0.6 is 0 Å². The predicted molar refractivity (Wildman–Crippen MR) is 81.1 cm³/mol. The second kappa shape index (κ2) is 7.51. The lowest BCUT2D eigenvalue weighted by molar-refractivity contribution is 0.263. The van der Waals surface area contributed by atoms with Gasteiger partial charge in [0.2, 0.25) is 0 Å². The van der Waals surface area contributed by atoms with Crippen molar-refractivity contribution in [2.24, 2.45) is 11.3 Å². The molecule has 0 saturated carbocycles. The number of hydrogen-bond donors (Lipinski definition) is 2. The fourth-order valence-electron chi connectivity index (χ4n) is 1.94. The second-order valence-electron chi connectivity index (χ2n) is 6.42. The molecule has 0 bridgehead atoms. The minimum atomic E-state index is 0.323. The molecular weight excluding hydrogens is 236 g/mol. The summed E-state index contributed by atoms with van der Waals surface area (Å²) in [7, 11) is 0. The highest BCUT2D eigenvalue weighted by Crippen LogP contribution is 2.22. The maximum Gasteiger partial charge on any atom is 0.119 e. The Morgan fingerprint density at radius 1 is 1.26 bits per heavy atom. The maximum absolute atomic E-state index is 5.76. The molecule has 3 heteroatoms. The summed E-state index contributed by atoms with van der Waals surface area (Å²) in [4.78, 5) is 0. The Kier molecular flexibility index (Phi) is 6.32. The lowest BCUT2D eigenvalue weighted by Crippen LogP contribution is -2.37. The van der Waals surface area contributed by atoms with Crippen molar-refractivity contribution in [1.29, 1.82) is 0 Å². The first-order valence-corrected chi connectivity index (χ1v) is 7.06. The Balaban J connectivity index is 2.30. The van der Waals surface area contributed by atoms with Gasteiger partial charge in [0.25, 0.3) is 0 Å². The van der Waals surface area contributed by atoms with Gasteiger partial charge in [-0.25, -0.2) is 0 Å². The highest BCUT2D eigenvalue weighted by atomic mass is 16.5. The van der Waals surface area contributed by atoms with Crippen molar-refractivity contribution in [3.63, 3.8) is 0 Å². The van der Waals surface area contributed by atoms with Gasteiger partial charge in [-0.15, -0.1) is 0 Å². The zero-order valence-electron chi connectivity index (χ0n) is 12.7. The third kappa shape index (κ3) is 7.19. The van der Waals surface area contributed by atoms with E-state index in [0.29, 0.717) is 18.1 Å². The van der Waals surface area contributed by atoms with Gasteiger partial charge in [0, 0.05) is 6.04 Å². The van der Waals surface area contributed by atoms with Gasteiger partial charge in [-0.2, -0.15) is 0 Å². The van der Waals surface area contributed by atoms with Gasteiger partial charge in [0.15, 0.2) is 0 Å². The molecule has 0 aliphatic rings. The highest BCUT2D eigenvalue weighted by Gasteiger charge is 2.14. The summed E-state index contributed by atoms with van der Waals surface area (Å²) in [5, 5.41) is 0. The molecule has 1 aromatic rings. The number of nitrogens with two attached hydrogens (primary N) is 1. The van der Waals surface area contributed by atoms with Gasteiger partial charge in [-0.3, -0.25) is 11.3 Å². The Hall–Kier alpha value is -1.06. The van der Waals surface area contributed by atoms with Crippen LogP contribution in [-0.4, -0.2) is 12.6 Å². The van der Waals surface area contributed by atoms with E-state index in [2.05, 4.69) is 45.3 Å². The Morgan fingerprint density at radius 2 is 2.00 bits per heavy atom. The average molecular weight is 264 g/mol. The van der Waals surface area contributed by atoms with Gasteiger partial charge in [-0.05, 0) is 49.3 Å². The lowest BCUT2D eigenvalue weighted by atomic mass is 9.88. The minimum Gasteiger partial charge on any atom is -0.494 e. The molecule has 1 unspecified atom stereocenters. The normalized spacial score (nSPS) is 13.3. The van der Waals surface area contributed by atoms with E-state index in [1.54, 1.807) is 0 Å². The summed E-state index contributed by atoms with van der Waals surface area (Å²) in [5.41, 5.74) is 4.47. The standard InChI is InChI=1S/C16H28N2O/c1-13-6-5-7-15(12-13)19-11-9-14(18-17)8-10-16(2,3)4/h5-7,12,14,18H,8-11,17H2,1-4H3. The summed E-state index contributed by atoms with van der Waals surface area (Å²) < 4.78 is 5.76. The molecule has 1 rings (SSSR count). The van der Waals surface area contributed by atoms with Crippen LogP contribution in [0, 0.1) is 12.3 Å². The number of nitrogens with one attached hydrogen (secondary N) is 1. The van der Waals surface area contributed by atoms with Crippen LogP contribution in [0.2, 0.25) is 0 Å². The first-order chi connectivity index (χ1) is 8.90. The van der Waals surface area contributed by atoms with Crippen molar-refractivity contribution in [2.45, 2.75) is 53.0 Å². The number of aryl methyl sites for hydroxylation is 1. The van der Waals surface area contributed by atoms with Crippen LogP contribution in [0.25, 0.3) is 0 Å². The van der Waals surface area contributed by atoms with Crippen LogP contribution in [0.1, 0.15) is 45.6 Å². The first-order valence-electron chi connectivity index (χ1n) is 7.06. The van der Waals surface area contributed by atoms with Crippen molar-refractivity contribution in [3.05, 3.63) is 29.8 Å².